The summed E-state index contributed by atoms with van der Waals surface area (Å²) in [4.78, 5) is 11.8. The molecule has 0 radical (unpaired) electrons. The van der Waals surface area contributed by atoms with Gasteiger partial charge in [0.2, 0.25) is 0 Å². The lowest BCUT2D eigenvalue weighted by molar-refractivity contribution is 0.0938. The van der Waals surface area contributed by atoms with Crippen LogP contribution in [0.2, 0.25) is 0 Å². The maximum absolute atomic E-state index is 11.8. The van der Waals surface area contributed by atoms with Crippen molar-refractivity contribution < 1.29 is 4.79 Å². The normalized spacial score (nSPS) is 12.5. The fourth-order valence-electron chi connectivity index (χ4n) is 1.57. The molecule has 1 rings (SSSR count). The Labute approximate surface area is 96.0 Å². The van der Waals surface area contributed by atoms with Gasteiger partial charge in [0.05, 0.1) is 5.69 Å². The number of nitrogens with one attached hydrogen (secondary N) is 1. The Hall–Kier alpha value is -1.36. The van der Waals surface area contributed by atoms with Gasteiger partial charge >= 0.3 is 0 Å². The van der Waals surface area contributed by atoms with Crippen LogP contribution in [0.3, 0.4) is 0 Å². The largest absolute Gasteiger partial charge is 0.350 e. The minimum Gasteiger partial charge on any atom is -0.350 e. The average Bonchev–Trinajstić information content (AvgIpc) is 2.55. The van der Waals surface area contributed by atoms with Crippen LogP contribution in [0.4, 0.5) is 0 Å². The highest BCUT2D eigenvalue weighted by atomic mass is 16.2. The molecular formula is C11H20N4O. The van der Waals surface area contributed by atoms with E-state index in [0.29, 0.717) is 24.7 Å². The van der Waals surface area contributed by atoms with Crippen molar-refractivity contribution in [2.75, 3.05) is 13.1 Å². The Balaban J connectivity index is 2.50. The van der Waals surface area contributed by atoms with E-state index in [4.69, 9.17) is 5.73 Å². The van der Waals surface area contributed by atoms with E-state index in [9.17, 15) is 4.79 Å². The fourth-order valence-corrected chi connectivity index (χ4v) is 1.57. The number of amides is 1. The zero-order chi connectivity index (χ0) is 12.1. The van der Waals surface area contributed by atoms with E-state index in [-0.39, 0.29) is 5.91 Å². The third-order valence-electron chi connectivity index (χ3n) is 2.51. The van der Waals surface area contributed by atoms with E-state index in [0.717, 1.165) is 12.1 Å². The zero-order valence-corrected chi connectivity index (χ0v) is 10.2. The van der Waals surface area contributed by atoms with Gasteiger partial charge in [0, 0.05) is 13.6 Å². The summed E-state index contributed by atoms with van der Waals surface area (Å²) in [6.07, 6.45) is 0.921. The number of hydrogen-bond acceptors (Lipinski definition) is 3. The molecule has 3 N–H and O–H groups in total. The molecule has 16 heavy (non-hydrogen) atoms. The molecule has 1 amide bonds. The Bertz CT molecular complexity index is 359. The molecule has 0 aromatic carbocycles. The van der Waals surface area contributed by atoms with Crippen LogP contribution >= 0.6 is 0 Å². The van der Waals surface area contributed by atoms with Crippen LogP contribution in [0.1, 0.15) is 29.5 Å². The van der Waals surface area contributed by atoms with Crippen LogP contribution in [-0.4, -0.2) is 28.8 Å². The van der Waals surface area contributed by atoms with E-state index in [2.05, 4.69) is 17.3 Å². The molecule has 1 aromatic heterocycles. The number of aryl methyl sites for hydroxylation is 2. The zero-order valence-electron chi connectivity index (χ0n) is 10.2. The van der Waals surface area contributed by atoms with E-state index in [1.54, 1.807) is 17.8 Å². The van der Waals surface area contributed by atoms with E-state index in [1.165, 1.54) is 0 Å². The van der Waals surface area contributed by atoms with Crippen LogP contribution < -0.4 is 11.1 Å². The first kappa shape index (κ1) is 12.7. The monoisotopic (exact) mass is 224 g/mol. The SMILES string of the molecule is Cc1cc(C(=O)NCC(C)CCN)n(C)n1. The maximum Gasteiger partial charge on any atom is 0.269 e. The summed E-state index contributed by atoms with van der Waals surface area (Å²) in [5, 5.41) is 7.01. The Morgan fingerprint density at radius 2 is 2.38 bits per heavy atom. The van der Waals surface area contributed by atoms with Crippen LogP contribution in [0.5, 0.6) is 0 Å². The third kappa shape index (κ3) is 3.34. The van der Waals surface area contributed by atoms with Gasteiger partial charge in [0.15, 0.2) is 0 Å². The Morgan fingerprint density at radius 1 is 1.69 bits per heavy atom. The molecule has 90 valence electrons. The van der Waals surface area contributed by atoms with Crippen molar-refractivity contribution in [1.29, 1.82) is 0 Å². The summed E-state index contributed by atoms with van der Waals surface area (Å²) < 4.78 is 1.60. The Kier molecular flexibility index (Phi) is 4.49. The predicted octanol–water partition coefficient (Wildman–Crippen LogP) is 0.443. The van der Waals surface area contributed by atoms with Crippen molar-refractivity contribution in [2.24, 2.45) is 18.7 Å². The maximum atomic E-state index is 11.8. The van der Waals surface area contributed by atoms with Crippen molar-refractivity contribution in [3.05, 3.63) is 17.5 Å². The first-order valence-corrected chi connectivity index (χ1v) is 5.53. The van der Waals surface area contributed by atoms with Crippen molar-refractivity contribution in [1.82, 2.24) is 15.1 Å². The molecule has 0 aliphatic rings. The molecule has 1 unspecified atom stereocenters. The molecule has 1 atom stereocenters. The second kappa shape index (κ2) is 5.65. The first-order valence-electron chi connectivity index (χ1n) is 5.53. The molecular weight excluding hydrogens is 204 g/mol. The second-order valence-electron chi connectivity index (χ2n) is 4.19. The topological polar surface area (TPSA) is 72.9 Å². The summed E-state index contributed by atoms with van der Waals surface area (Å²) in [6, 6.07) is 1.78. The van der Waals surface area contributed by atoms with Crippen molar-refractivity contribution in [3.8, 4) is 0 Å². The molecule has 0 saturated carbocycles. The van der Waals surface area contributed by atoms with Crippen molar-refractivity contribution >= 4 is 5.91 Å². The molecule has 5 nitrogen and oxygen atoms in total. The van der Waals surface area contributed by atoms with Gasteiger partial charge in [-0.2, -0.15) is 5.10 Å². The van der Waals surface area contributed by atoms with E-state index >= 15 is 0 Å². The number of carbonyl (C=O) groups excluding carboxylic acids is 1. The third-order valence-corrected chi connectivity index (χ3v) is 2.51. The minimum atomic E-state index is -0.0769. The Morgan fingerprint density at radius 3 is 2.88 bits per heavy atom. The van der Waals surface area contributed by atoms with Gasteiger partial charge in [0.1, 0.15) is 5.69 Å². The number of nitrogens with zero attached hydrogens (tertiary/aromatic N) is 2. The average molecular weight is 224 g/mol. The van der Waals surface area contributed by atoms with Gasteiger partial charge in [-0.25, -0.2) is 0 Å². The lowest BCUT2D eigenvalue weighted by Crippen LogP contribution is -2.30. The molecule has 5 heteroatoms. The molecule has 0 aliphatic carbocycles. The van der Waals surface area contributed by atoms with Crippen LogP contribution in [0, 0.1) is 12.8 Å². The number of nitrogens with two attached hydrogens (primary N) is 1. The van der Waals surface area contributed by atoms with Gasteiger partial charge in [-0.05, 0) is 31.9 Å². The molecule has 0 saturated heterocycles. The lowest BCUT2D eigenvalue weighted by atomic mass is 10.1. The van der Waals surface area contributed by atoms with E-state index < -0.39 is 0 Å². The highest BCUT2D eigenvalue weighted by molar-refractivity contribution is 5.92. The predicted molar refractivity (Wildman–Crippen MR) is 63.1 cm³/mol. The number of aromatic nitrogens is 2. The molecule has 0 aliphatic heterocycles. The van der Waals surface area contributed by atoms with Gasteiger partial charge in [-0.3, -0.25) is 9.48 Å². The van der Waals surface area contributed by atoms with Gasteiger partial charge in [-0.15, -0.1) is 0 Å². The van der Waals surface area contributed by atoms with Crippen LogP contribution in [0.25, 0.3) is 0 Å². The van der Waals surface area contributed by atoms with Crippen LogP contribution in [0.15, 0.2) is 6.07 Å². The summed E-state index contributed by atoms with van der Waals surface area (Å²) in [6.45, 7) is 5.25. The molecule has 1 heterocycles. The van der Waals surface area contributed by atoms with E-state index in [1.807, 2.05) is 6.92 Å². The summed E-state index contributed by atoms with van der Waals surface area (Å²) >= 11 is 0. The van der Waals surface area contributed by atoms with Gasteiger partial charge < -0.3 is 11.1 Å². The number of rotatable bonds is 5. The minimum absolute atomic E-state index is 0.0769. The van der Waals surface area contributed by atoms with Gasteiger partial charge in [-0.1, -0.05) is 6.92 Å². The summed E-state index contributed by atoms with van der Waals surface area (Å²) in [7, 11) is 1.77. The standard InChI is InChI=1S/C11H20N4O/c1-8(4-5-12)7-13-11(16)10-6-9(2)14-15(10)3/h6,8H,4-5,7,12H2,1-3H3,(H,13,16). The van der Waals surface area contributed by atoms with Crippen molar-refractivity contribution in [2.45, 2.75) is 20.3 Å². The lowest BCUT2D eigenvalue weighted by Gasteiger charge is -2.11. The number of hydrogen-bond donors (Lipinski definition) is 2. The van der Waals surface area contributed by atoms with Gasteiger partial charge in [0.25, 0.3) is 5.91 Å². The van der Waals surface area contributed by atoms with Crippen molar-refractivity contribution in [3.63, 3.8) is 0 Å². The summed E-state index contributed by atoms with van der Waals surface area (Å²) in [5.74, 6) is 0.329. The second-order valence-corrected chi connectivity index (χ2v) is 4.19. The highest BCUT2D eigenvalue weighted by Crippen LogP contribution is 2.03. The summed E-state index contributed by atoms with van der Waals surface area (Å²) in [5.41, 5.74) is 6.89. The highest BCUT2D eigenvalue weighted by Gasteiger charge is 2.12. The molecule has 0 spiro atoms. The molecule has 0 bridgehead atoms. The smallest absolute Gasteiger partial charge is 0.269 e. The fraction of sp³-hybridized carbons (Fsp3) is 0.636. The molecule has 1 aromatic rings. The first-order chi connectivity index (χ1) is 7.54. The van der Waals surface area contributed by atoms with Crippen LogP contribution in [-0.2, 0) is 7.05 Å². The quantitative estimate of drug-likeness (QED) is 0.762. The number of carbonyl (C=O) groups is 1. The molecule has 0 fully saturated rings.